The Bertz CT molecular complexity index is 316. The van der Waals surface area contributed by atoms with Gasteiger partial charge in [-0.25, -0.2) is 0 Å². The second kappa shape index (κ2) is 13.9. The summed E-state index contributed by atoms with van der Waals surface area (Å²) in [6.45, 7) is 3.14. The molecule has 0 spiro atoms. The van der Waals surface area contributed by atoms with E-state index in [9.17, 15) is 20.4 Å². The molecular formula is C20H41NO4. The average molecular weight is 360 g/mol. The molecule has 0 aliphatic carbocycles. The molecule has 0 aromatic heterocycles. The van der Waals surface area contributed by atoms with Crippen LogP contribution in [-0.2, 0) is 0 Å². The van der Waals surface area contributed by atoms with E-state index < -0.39 is 24.4 Å². The van der Waals surface area contributed by atoms with Crippen LogP contribution in [0.3, 0.4) is 0 Å². The number of unbranched alkanes of at least 4 members (excludes halogenated alkanes) is 11. The fourth-order valence-electron chi connectivity index (χ4n) is 3.79. The first-order chi connectivity index (χ1) is 12.1. The van der Waals surface area contributed by atoms with Crippen molar-refractivity contribution < 1.29 is 20.4 Å². The van der Waals surface area contributed by atoms with Gasteiger partial charge in [-0.3, -0.25) is 4.90 Å². The van der Waals surface area contributed by atoms with E-state index in [1.807, 2.05) is 4.90 Å². The third kappa shape index (κ3) is 8.83. The van der Waals surface area contributed by atoms with Crippen molar-refractivity contribution in [3.63, 3.8) is 0 Å². The number of β-amino-alcohol motifs (C(OH)–C–C–N with tert-alkyl or cyclic N) is 1. The van der Waals surface area contributed by atoms with E-state index in [2.05, 4.69) is 6.92 Å². The molecule has 1 saturated heterocycles. The van der Waals surface area contributed by atoms with Crippen LogP contribution in [0.2, 0.25) is 0 Å². The lowest BCUT2D eigenvalue weighted by Gasteiger charge is -2.43. The first-order valence-corrected chi connectivity index (χ1v) is 10.5. The number of rotatable bonds is 14. The normalized spacial score (nSPS) is 27.7. The van der Waals surface area contributed by atoms with Crippen LogP contribution in [-0.4, -0.2) is 69.4 Å². The number of aliphatic hydroxyl groups excluding tert-OH is 4. The highest BCUT2D eigenvalue weighted by Gasteiger charge is 2.40. The summed E-state index contributed by atoms with van der Waals surface area (Å²) >= 11 is 0. The van der Waals surface area contributed by atoms with Crippen molar-refractivity contribution in [2.45, 2.75) is 108 Å². The van der Waals surface area contributed by atoms with Crippen LogP contribution < -0.4 is 0 Å². The second-order valence-corrected chi connectivity index (χ2v) is 7.68. The Morgan fingerprint density at radius 1 is 0.720 bits per heavy atom. The van der Waals surface area contributed by atoms with Crippen molar-refractivity contribution in [2.75, 3.05) is 19.7 Å². The molecule has 1 heterocycles. The molecule has 0 aromatic rings. The summed E-state index contributed by atoms with van der Waals surface area (Å²) in [7, 11) is 0. The number of hydrogen-bond donors (Lipinski definition) is 4. The van der Waals surface area contributed by atoms with Gasteiger partial charge in [0.05, 0.1) is 18.8 Å². The fraction of sp³-hybridized carbons (Fsp3) is 1.00. The molecule has 1 rings (SSSR count). The van der Waals surface area contributed by atoms with Gasteiger partial charge in [-0.1, -0.05) is 77.6 Å². The molecule has 4 N–H and O–H groups in total. The molecule has 0 unspecified atom stereocenters. The summed E-state index contributed by atoms with van der Waals surface area (Å²) in [4.78, 5) is 1.92. The van der Waals surface area contributed by atoms with Gasteiger partial charge in [0.15, 0.2) is 0 Å². The summed E-state index contributed by atoms with van der Waals surface area (Å²) in [6.07, 6.45) is 12.4. The summed E-state index contributed by atoms with van der Waals surface area (Å²) in [5, 5.41) is 38.9. The molecule has 1 aliphatic heterocycles. The molecule has 5 heteroatoms. The third-order valence-electron chi connectivity index (χ3n) is 5.51. The van der Waals surface area contributed by atoms with Crippen molar-refractivity contribution in [1.82, 2.24) is 4.90 Å². The lowest BCUT2D eigenvalue weighted by molar-refractivity contribution is -0.145. The number of piperidine rings is 1. The smallest absolute Gasteiger partial charge is 0.109 e. The molecule has 5 nitrogen and oxygen atoms in total. The number of hydrogen-bond acceptors (Lipinski definition) is 5. The molecule has 25 heavy (non-hydrogen) atoms. The highest BCUT2D eigenvalue weighted by molar-refractivity contribution is 4.93. The summed E-state index contributed by atoms with van der Waals surface area (Å²) in [6, 6.07) is -0.467. The van der Waals surface area contributed by atoms with E-state index in [4.69, 9.17) is 0 Å². The zero-order chi connectivity index (χ0) is 18.5. The number of aliphatic hydroxyl groups is 4. The minimum atomic E-state index is -1.16. The maximum atomic E-state index is 9.96. The molecule has 4 atom stereocenters. The first kappa shape index (κ1) is 22.8. The summed E-state index contributed by atoms with van der Waals surface area (Å²) < 4.78 is 0. The fourth-order valence-corrected chi connectivity index (χ4v) is 3.79. The van der Waals surface area contributed by atoms with Gasteiger partial charge in [-0.05, 0) is 13.0 Å². The Morgan fingerprint density at radius 2 is 1.20 bits per heavy atom. The van der Waals surface area contributed by atoms with Gasteiger partial charge in [-0.15, -0.1) is 0 Å². The Hall–Kier alpha value is -0.200. The number of nitrogens with zero attached hydrogens (tertiary/aromatic N) is 1. The molecular weight excluding hydrogens is 318 g/mol. The lowest BCUT2D eigenvalue weighted by atomic mass is 9.94. The van der Waals surface area contributed by atoms with Crippen molar-refractivity contribution >= 4 is 0 Å². The Balaban J connectivity index is 2.00. The Labute approximate surface area is 154 Å². The zero-order valence-electron chi connectivity index (χ0n) is 16.2. The molecule has 1 aliphatic rings. The summed E-state index contributed by atoms with van der Waals surface area (Å²) in [5.41, 5.74) is 0. The van der Waals surface area contributed by atoms with Crippen LogP contribution in [0, 0.1) is 0 Å². The SMILES string of the molecule is CCCCCCCCCCCCCCN1C[C@H](O)[C@@H](O)[C@H](O)[C@H]1CO. The molecule has 0 amide bonds. The van der Waals surface area contributed by atoms with E-state index >= 15 is 0 Å². The predicted molar refractivity (Wildman–Crippen MR) is 102 cm³/mol. The van der Waals surface area contributed by atoms with Crippen molar-refractivity contribution in [3.05, 3.63) is 0 Å². The average Bonchev–Trinajstić information content (AvgIpc) is 2.61. The van der Waals surface area contributed by atoms with Crippen LogP contribution in [0.1, 0.15) is 84.0 Å². The van der Waals surface area contributed by atoms with E-state index in [0.29, 0.717) is 6.54 Å². The Morgan fingerprint density at radius 3 is 1.68 bits per heavy atom. The van der Waals surface area contributed by atoms with Crippen LogP contribution in [0.25, 0.3) is 0 Å². The van der Waals surface area contributed by atoms with Crippen LogP contribution in [0.4, 0.5) is 0 Å². The maximum Gasteiger partial charge on any atom is 0.109 e. The van der Waals surface area contributed by atoms with Crippen LogP contribution in [0.15, 0.2) is 0 Å². The van der Waals surface area contributed by atoms with E-state index in [1.54, 1.807) is 0 Å². The summed E-state index contributed by atoms with van der Waals surface area (Å²) in [5.74, 6) is 0. The highest BCUT2D eigenvalue weighted by atomic mass is 16.4. The second-order valence-electron chi connectivity index (χ2n) is 7.68. The van der Waals surface area contributed by atoms with Crippen molar-refractivity contribution in [2.24, 2.45) is 0 Å². The minimum absolute atomic E-state index is 0.191. The van der Waals surface area contributed by atoms with Gasteiger partial charge in [0, 0.05) is 6.54 Å². The number of likely N-dealkylation sites (tertiary alicyclic amines) is 1. The maximum absolute atomic E-state index is 9.96. The van der Waals surface area contributed by atoms with Crippen LogP contribution in [0.5, 0.6) is 0 Å². The monoisotopic (exact) mass is 359 g/mol. The molecule has 0 bridgehead atoms. The van der Waals surface area contributed by atoms with Gasteiger partial charge in [0.2, 0.25) is 0 Å². The van der Waals surface area contributed by atoms with Gasteiger partial charge in [-0.2, -0.15) is 0 Å². The van der Waals surface area contributed by atoms with Crippen molar-refractivity contribution in [1.29, 1.82) is 0 Å². The third-order valence-corrected chi connectivity index (χ3v) is 5.51. The predicted octanol–water partition coefficient (Wildman–Crippen LogP) is 2.45. The van der Waals surface area contributed by atoms with E-state index in [1.165, 1.54) is 64.2 Å². The molecule has 0 saturated carbocycles. The van der Waals surface area contributed by atoms with Gasteiger partial charge in [0.25, 0.3) is 0 Å². The highest BCUT2D eigenvalue weighted by Crippen LogP contribution is 2.20. The minimum Gasteiger partial charge on any atom is -0.395 e. The molecule has 150 valence electrons. The standard InChI is InChI=1S/C20H41NO4/c1-2-3-4-5-6-7-8-9-10-11-12-13-14-21-15-18(23)20(25)19(24)17(21)16-22/h17-20,22-25H,2-16H2,1H3/t17-,18+,19-,20-/m1/s1. The van der Waals surface area contributed by atoms with Crippen molar-refractivity contribution in [3.8, 4) is 0 Å². The lowest BCUT2D eigenvalue weighted by Crippen LogP contribution is -2.62. The molecule has 0 aromatic carbocycles. The van der Waals surface area contributed by atoms with E-state index in [0.717, 1.165) is 19.4 Å². The zero-order valence-corrected chi connectivity index (χ0v) is 16.2. The van der Waals surface area contributed by atoms with Gasteiger partial charge >= 0.3 is 0 Å². The topological polar surface area (TPSA) is 84.2 Å². The first-order valence-electron chi connectivity index (χ1n) is 10.5. The van der Waals surface area contributed by atoms with E-state index in [-0.39, 0.29) is 6.61 Å². The quantitative estimate of drug-likeness (QED) is 0.358. The van der Waals surface area contributed by atoms with Crippen LogP contribution >= 0.6 is 0 Å². The Kier molecular flexibility index (Phi) is 12.7. The molecule has 1 fully saturated rings. The van der Waals surface area contributed by atoms with Gasteiger partial charge < -0.3 is 20.4 Å². The largest absolute Gasteiger partial charge is 0.395 e. The molecule has 0 radical (unpaired) electrons. The van der Waals surface area contributed by atoms with Gasteiger partial charge in [0.1, 0.15) is 12.2 Å².